The Morgan fingerprint density at radius 2 is 2.16 bits per heavy atom. The van der Waals surface area contributed by atoms with Crippen LogP contribution in [0.5, 0.6) is 0 Å². The van der Waals surface area contributed by atoms with Gasteiger partial charge in [-0.25, -0.2) is 24.1 Å². The minimum Gasteiger partial charge on any atom is -0.405 e. The quantitative estimate of drug-likeness (QED) is 0.187. The molecule has 0 bridgehead atoms. The lowest BCUT2D eigenvalue weighted by Crippen LogP contribution is -2.53. The maximum absolute atomic E-state index is 15.6. The van der Waals surface area contributed by atoms with Crippen LogP contribution in [0, 0.1) is 12.7 Å². The maximum Gasteiger partial charge on any atom is 0.401 e. The predicted molar refractivity (Wildman–Crippen MR) is 131 cm³/mol. The molecule has 1 unspecified atom stereocenters. The van der Waals surface area contributed by atoms with Gasteiger partial charge in [-0.3, -0.25) is 9.59 Å². The van der Waals surface area contributed by atoms with Gasteiger partial charge in [0.2, 0.25) is 0 Å². The number of halogens is 1. The molecular formula is C24H26FN7O6. The number of nitrogens with two attached hydrogens (primary N) is 1. The Labute approximate surface area is 216 Å². The second kappa shape index (κ2) is 9.87. The van der Waals surface area contributed by atoms with E-state index in [1.165, 1.54) is 18.5 Å². The molecule has 13 nitrogen and oxygen atoms in total. The molecule has 1 fully saturated rings. The largest absolute Gasteiger partial charge is 0.405 e. The average molecular weight is 528 g/mol. The van der Waals surface area contributed by atoms with Crippen LogP contribution in [0.2, 0.25) is 0 Å². The van der Waals surface area contributed by atoms with Crippen LogP contribution in [0.25, 0.3) is 5.65 Å². The molecule has 0 saturated carbocycles. The van der Waals surface area contributed by atoms with Gasteiger partial charge < -0.3 is 34.6 Å². The number of piperazine rings is 1. The fourth-order valence-electron chi connectivity index (χ4n) is 5.01. The number of pyridine rings is 2. The van der Waals surface area contributed by atoms with Crippen LogP contribution in [0.1, 0.15) is 11.3 Å². The van der Waals surface area contributed by atoms with Crippen molar-refractivity contribution < 1.29 is 33.0 Å². The van der Waals surface area contributed by atoms with Crippen molar-refractivity contribution in [2.45, 2.75) is 25.3 Å². The lowest BCUT2D eigenvalue weighted by molar-refractivity contribution is -0.215. The molecule has 1 saturated heterocycles. The van der Waals surface area contributed by atoms with Crippen molar-refractivity contribution in [2.75, 3.05) is 43.2 Å². The monoisotopic (exact) mass is 527 g/mol. The number of rotatable bonds is 7. The topological polar surface area (TPSA) is 154 Å². The van der Waals surface area contributed by atoms with E-state index in [-0.39, 0.29) is 30.4 Å². The molecule has 5 heterocycles. The Bertz CT molecular complexity index is 1410. The fourth-order valence-corrected chi connectivity index (χ4v) is 5.01. The summed E-state index contributed by atoms with van der Waals surface area (Å²) in [4.78, 5) is 47.8. The summed E-state index contributed by atoms with van der Waals surface area (Å²) in [5.41, 5.74) is 7.24. The minimum absolute atomic E-state index is 0.0445. The maximum atomic E-state index is 15.6. The highest BCUT2D eigenvalue weighted by Gasteiger charge is 2.54. The summed E-state index contributed by atoms with van der Waals surface area (Å²) < 4.78 is 33.2. The van der Waals surface area contributed by atoms with Crippen LogP contribution in [-0.2, 0) is 35.0 Å². The van der Waals surface area contributed by atoms with E-state index in [9.17, 15) is 14.4 Å². The van der Waals surface area contributed by atoms with E-state index in [1.807, 2.05) is 0 Å². The van der Waals surface area contributed by atoms with Crippen molar-refractivity contribution in [3.05, 3.63) is 47.8 Å². The Kier molecular flexibility index (Phi) is 6.59. The first-order valence-corrected chi connectivity index (χ1v) is 11.8. The second-order valence-electron chi connectivity index (χ2n) is 9.03. The first-order chi connectivity index (χ1) is 18.3. The molecule has 0 radical (unpaired) electrons. The fraction of sp³-hybridized carbons (Fsp3) is 0.375. The van der Waals surface area contributed by atoms with Gasteiger partial charge in [-0.05, 0) is 13.0 Å². The van der Waals surface area contributed by atoms with Gasteiger partial charge in [0, 0.05) is 68.7 Å². The van der Waals surface area contributed by atoms with Crippen LogP contribution in [-0.4, -0.2) is 78.0 Å². The van der Waals surface area contributed by atoms with Gasteiger partial charge in [0.15, 0.2) is 5.82 Å². The number of anilines is 3. The minimum atomic E-state index is -2.27. The Morgan fingerprint density at radius 1 is 1.34 bits per heavy atom. The number of aromatic nitrogens is 3. The van der Waals surface area contributed by atoms with Crippen molar-refractivity contribution in [1.82, 2.24) is 19.7 Å². The molecule has 2 aliphatic heterocycles. The number of methoxy groups -OCH3 is 1. The number of primary amides is 1. The number of hydrogen-bond donors (Lipinski definition) is 2. The number of hydrogen-bond acceptors (Lipinski definition) is 11. The molecule has 3 N–H and O–H groups in total. The van der Waals surface area contributed by atoms with Gasteiger partial charge in [0.25, 0.3) is 6.47 Å². The zero-order valence-corrected chi connectivity index (χ0v) is 20.7. The van der Waals surface area contributed by atoms with E-state index in [4.69, 9.17) is 19.9 Å². The molecular weight excluding hydrogens is 501 g/mol. The van der Waals surface area contributed by atoms with Crippen LogP contribution < -0.4 is 20.9 Å². The average Bonchev–Trinajstić information content (AvgIpc) is 3.39. The highest BCUT2D eigenvalue weighted by atomic mass is 19.1. The number of esters is 1. The third-order valence-electron chi connectivity index (χ3n) is 6.49. The van der Waals surface area contributed by atoms with E-state index in [0.717, 1.165) is 4.90 Å². The molecule has 3 aromatic rings. The lowest BCUT2D eigenvalue weighted by atomic mass is 10.1. The summed E-state index contributed by atoms with van der Waals surface area (Å²) in [6.07, 6.45) is 4.36. The van der Waals surface area contributed by atoms with E-state index >= 15 is 4.39 Å². The Hall–Kier alpha value is -4.30. The lowest BCUT2D eigenvalue weighted by Gasteiger charge is -2.35. The van der Waals surface area contributed by atoms with Crippen molar-refractivity contribution in [3.8, 4) is 0 Å². The number of aryl methyl sites for hydroxylation is 1. The molecule has 2 atom stereocenters. The van der Waals surface area contributed by atoms with Crippen molar-refractivity contribution in [1.29, 1.82) is 0 Å². The Balaban J connectivity index is 1.68. The molecule has 5 rings (SSSR count). The number of fused-ring (bicyclic) bond motifs is 2. The Morgan fingerprint density at radius 3 is 2.89 bits per heavy atom. The van der Waals surface area contributed by atoms with Gasteiger partial charge >= 0.3 is 17.8 Å². The summed E-state index contributed by atoms with van der Waals surface area (Å²) in [6, 6.07) is 3.01. The third-order valence-corrected chi connectivity index (χ3v) is 6.49. The first kappa shape index (κ1) is 25.4. The summed E-state index contributed by atoms with van der Waals surface area (Å²) in [7, 11) is 1.62. The smallest absolute Gasteiger partial charge is 0.401 e. The van der Waals surface area contributed by atoms with Crippen LogP contribution in [0.4, 0.5) is 21.6 Å². The number of carbonyl (C=O) groups excluding carboxylic acids is 3. The summed E-state index contributed by atoms with van der Waals surface area (Å²) in [5, 5.41) is 3.38. The van der Waals surface area contributed by atoms with Crippen molar-refractivity contribution in [3.63, 3.8) is 0 Å². The van der Waals surface area contributed by atoms with Crippen LogP contribution in [0.3, 0.4) is 0 Å². The zero-order valence-electron chi connectivity index (χ0n) is 20.7. The van der Waals surface area contributed by atoms with E-state index in [2.05, 4.69) is 20.2 Å². The van der Waals surface area contributed by atoms with Gasteiger partial charge in [0.1, 0.15) is 17.2 Å². The summed E-state index contributed by atoms with van der Waals surface area (Å²) in [6.45, 7) is 4.19. The molecule has 1 amide bonds. The molecule has 2 aliphatic rings. The third kappa shape index (κ3) is 4.37. The van der Waals surface area contributed by atoms with Crippen molar-refractivity contribution in [2.24, 2.45) is 5.73 Å². The van der Waals surface area contributed by atoms with Gasteiger partial charge in [-0.15, -0.1) is 0 Å². The number of nitrogens with zero attached hydrogens (tertiary/aromatic N) is 5. The van der Waals surface area contributed by atoms with Gasteiger partial charge in [0.05, 0.1) is 18.7 Å². The zero-order chi connectivity index (χ0) is 27.0. The second-order valence-corrected chi connectivity index (χ2v) is 9.03. The predicted octanol–water partition coefficient (Wildman–Crippen LogP) is 0.151. The molecule has 38 heavy (non-hydrogen) atoms. The summed E-state index contributed by atoms with van der Waals surface area (Å²) >= 11 is 0. The number of ether oxygens (including phenoxy) is 3. The van der Waals surface area contributed by atoms with Crippen LogP contribution >= 0.6 is 0 Å². The van der Waals surface area contributed by atoms with E-state index in [0.29, 0.717) is 48.8 Å². The number of carbonyl (C=O) groups is 3. The van der Waals surface area contributed by atoms with Crippen molar-refractivity contribution >= 4 is 41.2 Å². The number of imidazole rings is 1. The molecule has 0 spiro atoms. The van der Waals surface area contributed by atoms with Gasteiger partial charge in [-0.2, -0.15) is 0 Å². The normalized spacial score (nSPS) is 20.9. The SMILES string of the molecule is COC[C@H]1CN(c2ccnc3c2CC(OC=O)(OC(=O)C(N)=O)N3c2cn3cc(C)nc3cc2F)CCN1. The standard InChI is InChI=1S/C24H26FN7O6/c1-14-9-31-11-19(17(25)7-20(31)29-14)32-22-16(8-24(32,37-13-33)38-23(35)21(26)34)18(3-4-28-22)30-6-5-27-15(10-30)12-36-2/h3-4,7,9,11,13,15,27H,5-6,8,10,12H2,1-2H3,(H2,26,34)/t15-,24?/m1/s1. The number of amides is 1. The number of nitrogens with one attached hydrogen (secondary N) is 1. The first-order valence-electron chi connectivity index (χ1n) is 11.8. The van der Waals surface area contributed by atoms with E-state index < -0.39 is 23.6 Å². The van der Waals surface area contributed by atoms with Gasteiger partial charge in [-0.1, -0.05) is 0 Å². The highest BCUT2D eigenvalue weighted by Crippen LogP contribution is 2.48. The highest BCUT2D eigenvalue weighted by molar-refractivity contribution is 6.31. The van der Waals surface area contributed by atoms with E-state index in [1.54, 1.807) is 30.7 Å². The van der Waals surface area contributed by atoms with Crippen LogP contribution in [0.15, 0.2) is 30.7 Å². The molecule has 14 heteroatoms. The molecule has 0 aromatic carbocycles. The molecule has 3 aromatic heterocycles. The molecule has 200 valence electrons. The summed E-state index contributed by atoms with van der Waals surface area (Å²) in [5.74, 6) is -5.72. The molecule has 0 aliphatic carbocycles.